The maximum absolute atomic E-state index is 11.3. The summed E-state index contributed by atoms with van der Waals surface area (Å²) in [6.45, 7) is 1.47. The van der Waals surface area contributed by atoms with E-state index < -0.39 is 11.9 Å². The Labute approximate surface area is 121 Å². The molecule has 0 saturated carbocycles. The Bertz CT molecular complexity index is 497. The largest absolute Gasteiger partial charge is 0.481 e. The molecule has 0 spiro atoms. The topological polar surface area (TPSA) is 102 Å². The van der Waals surface area contributed by atoms with Crippen LogP contribution in [0.1, 0.15) is 31.7 Å². The molecule has 0 saturated heterocycles. The van der Waals surface area contributed by atoms with Crippen LogP contribution in [0.3, 0.4) is 0 Å². The smallest absolute Gasteiger partial charge is 0.308 e. The van der Waals surface area contributed by atoms with Gasteiger partial charge in [-0.2, -0.15) is 0 Å². The second-order valence-electron chi connectivity index (χ2n) is 4.30. The summed E-state index contributed by atoms with van der Waals surface area (Å²) in [6.07, 6.45) is 0.310. The average molecular weight is 295 g/mol. The third kappa shape index (κ3) is 7.68. The predicted molar refractivity (Wildman–Crippen MR) is 72.2 cm³/mol. The molecule has 0 aliphatic carbocycles. The lowest BCUT2D eigenvalue weighted by molar-refractivity contribution is -0.138. The summed E-state index contributed by atoms with van der Waals surface area (Å²) in [5.41, 5.74) is 3.02. The number of hydrogen-bond donors (Lipinski definition) is 2. The van der Waals surface area contributed by atoms with E-state index >= 15 is 0 Å². The van der Waals surface area contributed by atoms with Crippen molar-refractivity contribution >= 4 is 17.8 Å². The van der Waals surface area contributed by atoms with Gasteiger partial charge >= 0.3 is 11.9 Å². The number of carbonyl (C=O) groups is 3. The number of hydroxylamine groups is 1. The second kappa shape index (κ2) is 8.70. The number of carbonyl (C=O) groups excluding carboxylic acids is 2. The molecule has 0 unspecified atom stereocenters. The van der Waals surface area contributed by atoms with Gasteiger partial charge in [0.25, 0.3) is 0 Å². The van der Waals surface area contributed by atoms with Gasteiger partial charge in [0.2, 0.25) is 5.91 Å². The van der Waals surface area contributed by atoms with Crippen LogP contribution in [0.5, 0.6) is 5.75 Å². The molecule has 1 amide bonds. The van der Waals surface area contributed by atoms with E-state index in [1.165, 1.54) is 6.92 Å². The number of benzene rings is 1. The van der Waals surface area contributed by atoms with Crippen LogP contribution < -0.4 is 10.2 Å². The molecule has 0 aliphatic heterocycles. The number of ether oxygens (including phenoxy) is 1. The molecule has 0 atom stereocenters. The normalized spacial score (nSPS) is 9.95. The van der Waals surface area contributed by atoms with Crippen molar-refractivity contribution in [3.8, 4) is 5.75 Å². The number of aliphatic carboxylic acids is 1. The highest BCUT2D eigenvalue weighted by molar-refractivity contribution is 5.75. The van der Waals surface area contributed by atoms with E-state index in [-0.39, 0.29) is 31.8 Å². The monoisotopic (exact) mass is 295 g/mol. The van der Waals surface area contributed by atoms with Crippen molar-refractivity contribution in [1.82, 2.24) is 5.48 Å². The van der Waals surface area contributed by atoms with Gasteiger partial charge in [-0.05, 0) is 24.1 Å². The molecule has 0 radical (unpaired) electrons. The Morgan fingerprint density at radius 3 is 2.38 bits per heavy atom. The highest BCUT2D eigenvalue weighted by Crippen LogP contribution is 2.12. The number of carboxylic acid groups (broad SMARTS) is 1. The molecule has 0 aliphatic rings. The van der Waals surface area contributed by atoms with Gasteiger partial charge in [0, 0.05) is 19.8 Å². The van der Waals surface area contributed by atoms with Crippen LogP contribution in [0.4, 0.5) is 0 Å². The molecule has 0 bridgehead atoms. The summed E-state index contributed by atoms with van der Waals surface area (Å²) in [5.74, 6) is -1.26. The molecule has 0 aromatic heterocycles. The molecule has 2 N–H and O–H groups in total. The van der Waals surface area contributed by atoms with E-state index in [0.717, 1.165) is 5.56 Å². The molecule has 1 rings (SSSR count). The zero-order valence-corrected chi connectivity index (χ0v) is 11.6. The van der Waals surface area contributed by atoms with E-state index in [2.05, 4.69) is 5.48 Å². The molecule has 0 fully saturated rings. The molecule has 7 nitrogen and oxygen atoms in total. The Morgan fingerprint density at radius 2 is 1.81 bits per heavy atom. The molecule has 0 heterocycles. The van der Waals surface area contributed by atoms with Gasteiger partial charge in [-0.25, -0.2) is 5.48 Å². The van der Waals surface area contributed by atoms with Crippen molar-refractivity contribution in [3.63, 3.8) is 0 Å². The van der Waals surface area contributed by atoms with Crippen molar-refractivity contribution in [2.24, 2.45) is 0 Å². The second-order valence-corrected chi connectivity index (χ2v) is 4.30. The molecular weight excluding hydrogens is 278 g/mol. The molecule has 1 aromatic carbocycles. The minimum absolute atomic E-state index is 0.0506. The van der Waals surface area contributed by atoms with E-state index in [1.54, 1.807) is 24.3 Å². The van der Waals surface area contributed by atoms with Gasteiger partial charge in [-0.1, -0.05) is 12.1 Å². The molecule has 7 heteroatoms. The number of rotatable bonds is 8. The third-order valence-corrected chi connectivity index (χ3v) is 2.40. The van der Waals surface area contributed by atoms with Crippen LogP contribution in [0.15, 0.2) is 24.3 Å². The maximum Gasteiger partial charge on any atom is 0.308 e. The van der Waals surface area contributed by atoms with E-state index in [9.17, 15) is 14.4 Å². The standard InChI is InChI=1S/C14H17NO6/c1-10(16)21-12-7-5-11(6-8-12)9-20-15-13(17)3-2-4-14(18)19/h5-8H,2-4,9H2,1H3,(H,15,17)(H,18,19). The summed E-state index contributed by atoms with van der Waals surface area (Å²) < 4.78 is 4.88. The zero-order chi connectivity index (χ0) is 15.7. The lowest BCUT2D eigenvalue weighted by atomic mass is 10.2. The third-order valence-electron chi connectivity index (χ3n) is 2.40. The SMILES string of the molecule is CC(=O)Oc1ccc(CONC(=O)CCCC(=O)O)cc1. The number of esters is 1. The van der Waals surface area contributed by atoms with Crippen LogP contribution in [0, 0.1) is 0 Å². The first-order chi connectivity index (χ1) is 9.97. The van der Waals surface area contributed by atoms with Crippen LogP contribution >= 0.6 is 0 Å². The number of carboxylic acids is 1. The van der Waals surface area contributed by atoms with E-state index in [4.69, 9.17) is 14.7 Å². The highest BCUT2D eigenvalue weighted by Gasteiger charge is 2.04. The fourth-order valence-corrected chi connectivity index (χ4v) is 1.47. The van der Waals surface area contributed by atoms with Crippen LogP contribution in [-0.4, -0.2) is 23.0 Å². The van der Waals surface area contributed by atoms with Gasteiger partial charge in [-0.3, -0.25) is 19.2 Å². The summed E-state index contributed by atoms with van der Waals surface area (Å²) >= 11 is 0. The lowest BCUT2D eigenvalue weighted by Gasteiger charge is -2.06. The van der Waals surface area contributed by atoms with Crippen LogP contribution in [-0.2, 0) is 25.8 Å². The Kier molecular flexibility index (Phi) is 6.90. The van der Waals surface area contributed by atoms with Crippen molar-refractivity contribution in [1.29, 1.82) is 0 Å². The van der Waals surface area contributed by atoms with Crippen molar-refractivity contribution in [2.75, 3.05) is 0 Å². The zero-order valence-electron chi connectivity index (χ0n) is 11.6. The van der Waals surface area contributed by atoms with Gasteiger partial charge in [0.15, 0.2) is 0 Å². The molecule has 114 valence electrons. The first-order valence-corrected chi connectivity index (χ1v) is 6.37. The Hall–Kier alpha value is -2.41. The van der Waals surface area contributed by atoms with Crippen molar-refractivity contribution in [3.05, 3.63) is 29.8 Å². The molecular formula is C14H17NO6. The lowest BCUT2D eigenvalue weighted by Crippen LogP contribution is -2.23. The molecule has 21 heavy (non-hydrogen) atoms. The quantitative estimate of drug-likeness (QED) is 0.427. The number of hydrogen-bond acceptors (Lipinski definition) is 5. The minimum atomic E-state index is -0.934. The summed E-state index contributed by atoms with van der Waals surface area (Å²) in [7, 11) is 0. The highest BCUT2D eigenvalue weighted by atomic mass is 16.6. The number of amides is 1. The summed E-state index contributed by atoms with van der Waals surface area (Å²) in [6, 6.07) is 6.65. The minimum Gasteiger partial charge on any atom is -0.481 e. The Morgan fingerprint density at radius 1 is 1.14 bits per heavy atom. The van der Waals surface area contributed by atoms with E-state index in [1.807, 2.05) is 0 Å². The van der Waals surface area contributed by atoms with Gasteiger partial charge in [-0.15, -0.1) is 0 Å². The maximum atomic E-state index is 11.3. The van der Waals surface area contributed by atoms with Crippen LogP contribution in [0.2, 0.25) is 0 Å². The van der Waals surface area contributed by atoms with E-state index in [0.29, 0.717) is 5.75 Å². The summed E-state index contributed by atoms with van der Waals surface area (Å²) in [4.78, 5) is 37.3. The molecule has 1 aromatic rings. The van der Waals surface area contributed by atoms with Gasteiger partial charge < -0.3 is 9.84 Å². The average Bonchev–Trinajstić information content (AvgIpc) is 2.39. The van der Waals surface area contributed by atoms with Crippen molar-refractivity contribution in [2.45, 2.75) is 32.8 Å². The van der Waals surface area contributed by atoms with Crippen LogP contribution in [0.25, 0.3) is 0 Å². The fraction of sp³-hybridized carbons (Fsp3) is 0.357. The Balaban J connectivity index is 2.24. The fourth-order valence-electron chi connectivity index (χ4n) is 1.47. The van der Waals surface area contributed by atoms with Gasteiger partial charge in [0.1, 0.15) is 5.75 Å². The summed E-state index contributed by atoms with van der Waals surface area (Å²) in [5, 5.41) is 8.43. The first-order valence-electron chi connectivity index (χ1n) is 6.37. The predicted octanol–water partition coefficient (Wildman–Crippen LogP) is 1.41. The van der Waals surface area contributed by atoms with Gasteiger partial charge in [0.05, 0.1) is 6.61 Å². The van der Waals surface area contributed by atoms with Crippen molar-refractivity contribution < 1.29 is 29.1 Å². The first kappa shape index (κ1) is 16.6. The number of nitrogens with one attached hydrogen (secondary N) is 1.